The van der Waals surface area contributed by atoms with Crippen LogP contribution < -0.4 is 5.32 Å². The van der Waals surface area contributed by atoms with Gasteiger partial charge in [0.15, 0.2) is 5.69 Å². The lowest BCUT2D eigenvalue weighted by Crippen LogP contribution is -2.14. The molecular weight excluding hydrogens is 314 g/mol. The van der Waals surface area contributed by atoms with Crippen LogP contribution in [0.5, 0.6) is 0 Å². The summed E-state index contributed by atoms with van der Waals surface area (Å²) in [6.45, 7) is 8.56. The summed E-state index contributed by atoms with van der Waals surface area (Å²) in [5.74, 6) is -0.217. The second-order valence-corrected chi connectivity index (χ2v) is 6.38. The van der Waals surface area contributed by atoms with E-state index < -0.39 is 0 Å². The molecule has 0 saturated carbocycles. The van der Waals surface area contributed by atoms with E-state index in [9.17, 15) is 4.79 Å². The van der Waals surface area contributed by atoms with Crippen molar-refractivity contribution in [3.05, 3.63) is 64.2 Å². The molecule has 0 radical (unpaired) electrons. The molecule has 6 heteroatoms. The Hall–Kier alpha value is -2.89. The smallest absolute Gasteiger partial charge is 0.276 e. The van der Waals surface area contributed by atoms with Crippen molar-refractivity contribution >= 4 is 11.6 Å². The van der Waals surface area contributed by atoms with Gasteiger partial charge in [-0.25, -0.2) is 0 Å². The summed E-state index contributed by atoms with van der Waals surface area (Å²) in [5, 5.41) is 11.8. The summed E-state index contributed by atoms with van der Waals surface area (Å²) < 4.78 is 3.62. The third-order valence-electron chi connectivity index (χ3n) is 4.55. The quantitative estimate of drug-likeness (QED) is 0.795. The van der Waals surface area contributed by atoms with Gasteiger partial charge in [-0.3, -0.25) is 14.2 Å². The summed E-state index contributed by atoms with van der Waals surface area (Å²) in [4.78, 5) is 12.5. The molecule has 0 spiro atoms. The fraction of sp³-hybridized carbons (Fsp3) is 0.316. The Morgan fingerprint density at radius 1 is 1.12 bits per heavy atom. The molecule has 0 saturated heterocycles. The largest absolute Gasteiger partial charge is 0.317 e. The number of carbonyl (C=O) groups is 1. The SMILES string of the molecule is Cc1ccccc1Cn1nc(C)c(NC(=O)c2cc(C)n(C)n2)c1C. The maximum atomic E-state index is 12.5. The first-order chi connectivity index (χ1) is 11.9. The molecule has 0 aliphatic carbocycles. The van der Waals surface area contributed by atoms with E-state index in [0.29, 0.717) is 12.2 Å². The normalized spacial score (nSPS) is 10.9. The molecule has 0 aliphatic heterocycles. The van der Waals surface area contributed by atoms with E-state index in [2.05, 4.69) is 34.6 Å². The topological polar surface area (TPSA) is 64.7 Å². The average molecular weight is 337 g/mol. The number of benzene rings is 1. The Labute approximate surface area is 147 Å². The van der Waals surface area contributed by atoms with Gasteiger partial charge in [0.1, 0.15) is 0 Å². The van der Waals surface area contributed by atoms with Gasteiger partial charge >= 0.3 is 0 Å². The van der Waals surface area contributed by atoms with E-state index in [1.807, 2.05) is 44.6 Å². The number of rotatable bonds is 4. The Morgan fingerprint density at radius 3 is 2.48 bits per heavy atom. The van der Waals surface area contributed by atoms with Crippen LogP contribution in [-0.2, 0) is 13.6 Å². The van der Waals surface area contributed by atoms with Gasteiger partial charge in [0.05, 0.1) is 23.6 Å². The van der Waals surface area contributed by atoms with Gasteiger partial charge in [-0.2, -0.15) is 10.2 Å². The van der Waals surface area contributed by atoms with E-state index in [1.165, 1.54) is 11.1 Å². The lowest BCUT2D eigenvalue weighted by molar-refractivity contribution is 0.102. The number of nitrogens with one attached hydrogen (secondary N) is 1. The van der Waals surface area contributed by atoms with Crippen LogP contribution in [0.3, 0.4) is 0 Å². The summed E-state index contributed by atoms with van der Waals surface area (Å²) in [6, 6.07) is 10.0. The maximum Gasteiger partial charge on any atom is 0.276 e. The van der Waals surface area contributed by atoms with Crippen LogP contribution in [0.25, 0.3) is 0 Å². The van der Waals surface area contributed by atoms with Crippen molar-refractivity contribution in [3.8, 4) is 0 Å². The number of anilines is 1. The highest BCUT2D eigenvalue weighted by atomic mass is 16.2. The minimum atomic E-state index is -0.217. The molecule has 0 fully saturated rings. The van der Waals surface area contributed by atoms with Crippen molar-refractivity contribution in [2.45, 2.75) is 34.2 Å². The lowest BCUT2D eigenvalue weighted by atomic mass is 10.1. The molecule has 1 aromatic carbocycles. The van der Waals surface area contributed by atoms with Gasteiger partial charge in [0.25, 0.3) is 5.91 Å². The number of carbonyl (C=O) groups excluding carboxylic acids is 1. The highest BCUT2D eigenvalue weighted by Crippen LogP contribution is 2.22. The maximum absolute atomic E-state index is 12.5. The highest BCUT2D eigenvalue weighted by Gasteiger charge is 2.17. The fourth-order valence-corrected chi connectivity index (χ4v) is 2.83. The van der Waals surface area contributed by atoms with Crippen molar-refractivity contribution < 1.29 is 4.79 Å². The molecule has 25 heavy (non-hydrogen) atoms. The number of aromatic nitrogens is 4. The number of nitrogens with zero attached hydrogens (tertiary/aromatic N) is 4. The van der Waals surface area contributed by atoms with Gasteiger partial charge in [-0.05, 0) is 44.9 Å². The zero-order valence-corrected chi connectivity index (χ0v) is 15.3. The minimum absolute atomic E-state index is 0.217. The first kappa shape index (κ1) is 17.0. The molecule has 3 rings (SSSR count). The van der Waals surface area contributed by atoms with Gasteiger partial charge in [-0.15, -0.1) is 0 Å². The molecule has 3 aromatic rings. The standard InChI is InChI=1S/C19H23N5O/c1-12-8-6-7-9-16(12)11-24-15(4)18(14(3)21-24)20-19(25)17-10-13(2)23(5)22-17/h6-10H,11H2,1-5H3,(H,20,25). The molecule has 2 aromatic heterocycles. The van der Waals surface area contributed by atoms with Crippen LogP contribution in [0.15, 0.2) is 30.3 Å². The predicted molar refractivity (Wildman–Crippen MR) is 97.9 cm³/mol. The third kappa shape index (κ3) is 3.33. The molecule has 2 heterocycles. The number of aryl methyl sites for hydroxylation is 4. The number of amides is 1. The van der Waals surface area contributed by atoms with Crippen molar-refractivity contribution in [1.82, 2.24) is 19.6 Å². The van der Waals surface area contributed by atoms with Crippen molar-refractivity contribution in [3.63, 3.8) is 0 Å². The number of hydrogen-bond acceptors (Lipinski definition) is 3. The van der Waals surface area contributed by atoms with Crippen molar-refractivity contribution in [2.24, 2.45) is 7.05 Å². The predicted octanol–water partition coefficient (Wildman–Crippen LogP) is 3.15. The van der Waals surface area contributed by atoms with Gasteiger partial charge in [0.2, 0.25) is 0 Å². The second kappa shape index (κ2) is 6.55. The molecule has 0 bridgehead atoms. The van der Waals surface area contributed by atoms with Crippen LogP contribution in [0.2, 0.25) is 0 Å². The van der Waals surface area contributed by atoms with Crippen LogP contribution in [0.1, 0.15) is 38.7 Å². The van der Waals surface area contributed by atoms with Crippen LogP contribution in [-0.4, -0.2) is 25.5 Å². The minimum Gasteiger partial charge on any atom is -0.317 e. The monoisotopic (exact) mass is 337 g/mol. The van der Waals surface area contributed by atoms with E-state index >= 15 is 0 Å². The Kier molecular flexibility index (Phi) is 4.44. The lowest BCUT2D eigenvalue weighted by Gasteiger charge is -2.08. The Balaban J connectivity index is 1.84. The number of hydrogen-bond donors (Lipinski definition) is 1. The molecule has 0 unspecified atom stereocenters. The first-order valence-electron chi connectivity index (χ1n) is 8.27. The fourth-order valence-electron chi connectivity index (χ4n) is 2.83. The molecule has 0 aliphatic rings. The highest BCUT2D eigenvalue weighted by molar-refractivity contribution is 6.03. The van der Waals surface area contributed by atoms with E-state index in [-0.39, 0.29) is 5.91 Å². The summed E-state index contributed by atoms with van der Waals surface area (Å²) in [7, 11) is 1.82. The van der Waals surface area contributed by atoms with E-state index in [4.69, 9.17) is 0 Å². The third-order valence-corrected chi connectivity index (χ3v) is 4.55. The molecule has 1 N–H and O–H groups in total. The molecular formula is C19H23N5O. The van der Waals surface area contributed by atoms with Crippen LogP contribution >= 0.6 is 0 Å². The molecule has 130 valence electrons. The van der Waals surface area contributed by atoms with Gasteiger partial charge in [0, 0.05) is 12.7 Å². The summed E-state index contributed by atoms with van der Waals surface area (Å²) in [6.07, 6.45) is 0. The Morgan fingerprint density at radius 2 is 1.84 bits per heavy atom. The molecule has 0 atom stereocenters. The van der Waals surface area contributed by atoms with Gasteiger partial charge in [-0.1, -0.05) is 24.3 Å². The zero-order valence-electron chi connectivity index (χ0n) is 15.3. The summed E-state index contributed by atoms with van der Waals surface area (Å²) >= 11 is 0. The van der Waals surface area contributed by atoms with Crippen molar-refractivity contribution in [2.75, 3.05) is 5.32 Å². The Bertz CT molecular complexity index is 916. The van der Waals surface area contributed by atoms with E-state index in [0.717, 1.165) is 22.8 Å². The van der Waals surface area contributed by atoms with Crippen LogP contribution in [0, 0.1) is 27.7 Å². The van der Waals surface area contributed by atoms with Crippen LogP contribution in [0.4, 0.5) is 5.69 Å². The van der Waals surface area contributed by atoms with E-state index in [1.54, 1.807) is 10.7 Å². The second-order valence-electron chi connectivity index (χ2n) is 6.38. The zero-order chi connectivity index (χ0) is 18.1. The van der Waals surface area contributed by atoms with Crippen molar-refractivity contribution in [1.29, 1.82) is 0 Å². The summed E-state index contributed by atoms with van der Waals surface area (Å²) in [5.41, 5.74) is 6.27. The van der Waals surface area contributed by atoms with Gasteiger partial charge < -0.3 is 5.32 Å². The molecule has 6 nitrogen and oxygen atoms in total. The average Bonchev–Trinajstić information content (AvgIpc) is 3.04. The first-order valence-corrected chi connectivity index (χ1v) is 8.27. The molecule has 1 amide bonds.